The van der Waals surface area contributed by atoms with Crippen LogP contribution in [0.25, 0.3) is 0 Å². The van der Waals surface area contributed by atoms with Crippen molar-refractivity contribution in [3.63, 3.8) is 0 Å². The van der Waals surface area contributed by atoms with Crippen molar-refractivity contribution in [2.75, 3.05) is 0 Å². The van der Waals surface area contributed by atoms with Gasteiger partial charge in [0.2, 0.25) is 5.92 Å². The summed E-state index contributed by atoms with van der Waals surface area (Å²) >= 11 is 0. The van der Waals surface area contributed by atoms with Gasteiger partial charge in [0.15, 0.2) is 11.6 Å². The lowest BCUT2D eigenvalue weighted by atomic mass is 9.68. The number of rotatable bonds is 4. The second kappa shape index (κ2) is 5.73. The number of aliphatic carboxylic acids is 1. The first-order valence-corrected chi connectivity index (χ1v) is 6.52. The third-order valence-corrected chi connectivity index (χ3v) is 3.94. The van der Waals surface area contributed by atoms with E-state index in [9.17, 15) is 31.9 Å². The van der Waals surface area contributed by atoms with Crippen LogP contribution in [0.3, 0.4) is 0 Å². The molecule has 1 saturated carbocycles. The second-order valence-electron chi connectivity index (χ2n) is 5.27. The highest BCUT2D eigenvalue weighted by atomic mass is 19.3. The van der Waals surface area contributed by atoms with Crippen LogP contribution in [0.1, 0.15) is 31.2 Å². The summed E-state index contributed by atoms with van der Waals surface area (Å²) in [4.78, 5) is 11.5. The molecule has 0 aliphatic heterocycles. The van der Waals surface area contributed by atoms with E-state index in [0.29, 0.717) is 0 Å². The quantitative estimate of drug-likeness (QED) is 0.853. The van der Waals surface area contributed by atoms with Crippen LogP contribution in [-0.4, -0.2) is 23.6 Å². The van der Waals surface area contributed by atoms with Crippen LogP contribution in [0.4, 0.5) is 22.0 Å². The van der Waals surface area contributed by atoms with Crippen molar-refractivity contribution >= 4 is 5.97 Å². The fraction of sp³-hybridized carbons (Fsp3) is 0.500. The van der Waals surface area contributed by atoms with Crippen molar-refractivity contribution in [3.05, 3.63) is 29.6 Å². The smallest absolute Gasteiger partial charge is 0.387 e. The zero-order valence-corrected chi connectivity index (χ0v) is 11.3. The molecule has 1 aromatic rings. The molecule has 0 unspecified atom stereocenters. The van der Waals surface area contributed by atoms with E-state index in [0.717, 1.165) is 18.2 Å². The fourth-order valence-corrected chi connectivity index (χ4v) is 2.66. The lowest BCUT2D eigenvalue weighted by Gasteiger charge is -2.37. The molecule has 1 N–H and O–H groups in total. The molecular weight excluding hydrogens is 311 g/mol. The van der Waals surface area contributed by atoms with Gasteiger partial charge in [-0.25, -0.2) is 13.2 Å². The summed E-state index contributed by atoms with van der Waals surface area (Å²) in [6.07, 6.45) is -1.97. The molecule has 0 atom stereocenters. The van der Waals surface area contributed by atoms with E-state index in [-0.39, 0.29) is 18.4 Å². The minimum absolute atomic E-state index is 0.0328. The monoisotopic (exact) mass is 324 g/mol. The van der Waals surface area contributed by atoms with Gasteiger partial charge < -0.3 is 9.84 Å². The number of halogens is 5. The SMILES string of the molecule is O=C(O)C1(c2ccc(OC(F)F)c(F)c2)CCC(F)(F)CC1. The van der Waals surface area contributed by atoms with Gasteiger partial charge in [-0.3, -0.25) is 4.79 Å². The normalized spacial score (nSPS) is 19.9. The van der Waals surface area contributed by atoms with Crippen molar-refractivity contribution < 1.29 is 36.6 Å². The number of carboxylic acids is 1. The largest absolute Gasteiger partial charge is 0.481 e. The molecule has 0 heterocycles. The Hall–Kier alpha value is -1.86. The number of carboxylic acid groups (broad SMARTS) is 1. The summed E-state index contributed by atoms with van der Waals surface area (Å²) in [7, 11) is 0. The number of benzene rings is 1. The van der Waals surface area contributed by atoms with Crippen molar-refractivity contribution in [2.24, 2.45) is 0 Å². The average Bonchev–Trinajstić information content (AvgIpc) is 2.41. The zero-order valence-electron chi connectivity index (χ0n) is 11.3. The number of hydrogen-bond donors (Lipinski definition) is 1. The Bertz CT molecular complexity index is 564. The predicted octanol–water partition coefficient (Wildman–Crippen LogP) is 3.96. The topological polar surface area (TPSA) is 46.5 Å². The van der Waals surface area contributed by atoms with Crippen LogP contribution in [0, 0.1) is 5.82 Å². The molecule has 22 heavy (non-hydrogen) atoms. The van der Waals surface area contributed by atoms with Gasteiger partial charge >= 0.3 is 12.6 Å². The number of carbonyl (C=O) groups is 1. The van der Waals surface area contributed by atoms with Gasteiger partial charge in [-0.15, -0.1) is 0 Å². The van der Waals surface area contributed by atoms with E-state index < -0.39 is 48.3 Å². The average molecular weight is 324 g/mol. The number of ether oxygens (including phenoxy) is 1. The van der Waals surface area contributed by atoms with Crippen LogP contribution in [0.15, 0.2) is 18.2 Å². The van der Waals surface area contributed by atoms with E-state index in [1.807, 2.05) is 0 Å². The predicted molar refractivity (Wildman–Crippen MR) is 65.8 cm³/mol. The van der Waals surface area contributed by atoms with Gasteiger partial charge in [0.1, 0.15) is 0 Å². The Morgan fingerprint density at radius 1 is 1.18 bits per heavy atom. The first-order chi connectivity index (χ1) is 10.2. The van der Waals surface area contributed by atoms with Crippen molar-refractivity contribution in [1.29, 1.82) is 0 Å². The molecule has 122 valence electrons. The third-order valence-electron chi connectivity index (χ3n) is 3.94. The molecule has 2 rings (SSSR count). The summed E-state index contributed by atoms with van der Waals surface area (Å²) in [6, 6.07) is 2.77. The Labute approximate surface area is 122 Å². The molecule has 0 spiro atoms. The Balaban J connectivity index is 2.34. The highest BCUT2D eigenvalue weighted by molar-refractivity contribution is 5.81. The van der Waals surface area contributed by atoms with Gasteiger partial charge in [0, 0.05) is 12.8 Å². The third kappa shape index (κ3) is 3.15. The minimum Gasteiger partial charge on any atom is -0.481 e. The van der Waals surface area contributed by atoms with Crippen LogP contribution in [-0.2, 0) is 10.2 Å². The van der Waals surface area contributed by atoms with Gasteiger partial charge in [-0.2, -0.15) is 8.78 Å². The highest BCUT2D eigenvalue weighted by Crippen LogP contribution is 2.46. The van der Waals surface area contributed by atoms with Gasteiger partial charge in [-0.1, -0.05) is 6.07 Å². The fourth-order valence-electron chi connectivity index (χ4n) is 2.66. The molecule has 1 aromatic carbocycles. The molecule has 1 aliphatic carbocycles. The Morgan fingerprint density at radius 2 is 1.77 bits per heavy atom. The van der Waals surface area contributed by atoms with E-state index in [1.54, 1.807) is 0 Å². The van der Waals surface area contributed by atoms with E-state index in [2.05, 4.69) is 4.74 Å². The van der Waals surface area contributed by atoms with E-state index >= 15 is 0 Å². The molecule has 1 aliphatic rings. The molecule has 3 nitrogen and oxygen atoms in total. The standard InChI is InChI=1S/C14H13F5O3/c15-9-7-8(1-2-10(9)22-12(16)17)13(11(20)21)3-5-14(18,19)6-4-13/h1-2,7,12H,3-6H2,(H,20,21). The van der Waals surface area contributed by atoms with Gasteiger partial charge in [0.05, 0.1) is 5.41 Å². The molecule has 8 heteroatoms. The summed E-state index contributed by atoms with van der Waals surface area (Å²) in [5, 5.41) is 9.40. The van der Waals surface area contributed by atoms with Crippen LogP contribution < -0.4 is 4.74 Å². The molecular formula is C14H13F5O3. The van der Waals surface area contributed by atoms with Crippen molar-refractivity contribution in [3.8, 4) is 5.75 Å². The lowest BCUT2D eigenvalue weighted by Crippen LogP contribution is -2.42. The maximum atomic E-state index is 13.8. The summed E-state index contributed by atoms with van der Waals surface area (Å²) < 4.78 is 68.3. The van der Waals surface area contributed by atoms with Gasteiger partial charge in [0.25, 0.3) is 0 Å². The highest BCUT2D eigenvalue weighted by Gasteiger charge is 2.49. The molecule has 0 saturated heterocycles. The minimum atomic E-state index is -3.22. The molecule has 0 amide bonds. The summed E-state index contributed by atoms with van der Waals surface area (Å²) in [5.41, 5.74) is -1.68. The van der Waals surface area contributed by atoms with Crippen LogP contribution in [0.2, 0.25) is 0 Å². The van der Waals surface area contributed by atoms with Gasteiger partial charge in [-0.05, 0) is 30.5 Å². The van der Waals surface area contributed by atoms with Crippen LogP contribution in [0.5, 0.6) is 5.75 Å². The Kier molecular flexibility index (Phi) is 4.30. The molecule has 0 bridgehead atoms. The number of alkyl halides is 4. The van der Waals surface area contributed by atoms with E-state index in [4.69, 9.17) is 0 Å². The molecule has 1 fully saturated rings. The van der Waals surface area contributed by atoms with Crippen molar-refractivity contribution in [2.45, 2.75) is 43.6 Å². The van der Waals surface area contributed by atoms with Crippen LogP contribution >= 0.6 is 0 Å². The first kappa shape index (κ1) is 16.5. The Morgan fingerprint density at radius 3 is 2.23 bits per heavy atom. The lowest BCUT2D eigenvalue weighted by molar-refractivity contribution is -0.149. The zero-order chi connectivity index (χ0) is 16.5. The number of hydrogen-bond acceptors (Lipinski definition) is 2. The first-order valence-electron chi connectivity index (χ1n) is 6.52. The maximum absolute atomic E-state index is 13.8. The summed E-state index contributed by atoms with van der Waals surface area (Å²) in [6.45, 7) is -3.22. The molecule has 0 radical (unpaired) electrons. The molecule has 0 aromatic heterocycles. The van der Waals surface area contributed by atoms with E-state index in [1.165, 1.54) is 0 Å². The second-order valence-corrected chi connectivity index (χ2v) is 5.27. The summed E-state index contributed by atoms with van der Waals surface area (Å²) in [5.74, 6) is -6.17. The van der Waals surface area contributed by atoms with Crippen molar-refractivity contribution in [1.82, 2.24) is 0 Å². The maximum Gasteiger partial charge on any atom is 0.387 e.